The van der Waals surface area contributed by atoms with Crippen LogP contribution in [0.4, 0.5) is 5.69 Å². The predicted molar refractivity (Wildman–Crippen MR) is 68.8 cm³/mol. The van der Waals surface area contributed by atoms with Gasteiger partial charge in [-0.3, -0.25) is 4.79 Å². The van der Waals surface area contributed by atoms with Crippen LogP contribution in [0.15, 0.2) is 18.2 Å². The van der Waals surface area contributed by atoms with Gasteiger partial charge in [0.15, 0.2) is 0 Å². The van der Waals surface area contributed by atoms with Crippen molar-refractivity contribution >= 4 is 34.7 Å². The molecular weight excluding hydrogens is 258 g/mol. The molecule has 0 aliphatic carbocycles. The van der Waals surface area contributed by atoms with Crippen molar-refractivity contribution in [1.29, 1.82) is 0 Å². The Bertz CT molecular complexity index is 568. The van der Waals surface area contributed by atoms with Gasteiger partial charge >= 0.3 is 0 Å². The Morgan fingerprint density at radius 1 is 1.41 bits per heavy atom. The Morgan fingerprint density at radius 3 is 2.76 bits per heavy atom. The molecule has 17 heavy (non-hydrogen) atoms. The van der Waals surface area contributed by atoms with Crippen LogP contribution in [0.1, 0.15) is 20.9 Å². The van der Waals surface area contributed by atoms with Gasteiger partial charge in [-0.25, -0.2) is 0 Å². The fourth-order valence-corrected chi connectivity index (χ4v) is 2.16. The van der Waals surface area contributed by atoms with Crippen molar-refractivity contribution in [2.24, 2.45) is 0 Å². The number of nitrogens with one attached hydrogen (secondary N) is 1. The monoisotopic (exact) mass is 267 g/mol. The van der Waals surface area contributed by atoms with Gasteiger partial charge in [0.05, 0.1) is 5.69 Å². The van der Waals surface area contributed by atoms with Crippen LogP contribution in [-0.4, -0.2) is 15.5 Å². The number of halogens is 1. The SMILES string of the molecule is Cc1cc(Cl)ccc1NC(=O)c1snnc1C. The maximum atomic E-state index is 11.9. The maximum absolute atomic E-state index is 11.9. The molecule has 0 saturated carbocycles. The van der Waals surface area contributed by atoms with Gasteiger partial charge in [-0.05, 0) is 49.1 Å². The summed E-state index contributed by atoms with van der Waals surface area (Å²) in [6, 6.07) is 5.32. The molecule has 1 amide bonds. The first-order valence-corrected chi connectivity index (χ1v) is 6.09. The number of aromatic nitrogens is 2. The lowest BCUT2D eigenvalue weighted by Crippen LogP contribution is -2.12. The molecule has 0 radical (unpaired) electrons. The molecule has 2 rings (SSSR count). The molecule has 0 atom stereocenters. The molecule has 1 heterocycles. The first-order chi connectivity index (χ1) is 8.08. The number of benzene rings is 1. The molecule has 4 nitrogen and oxygen atoms in total. The van der Waals surface area contributed by atoms with Crippen molar-refractivity contribution in [3.8, 4) is 0 Å². The largest absolute Gasteiger partial charge is 0.321 e. The lowest BCUT2D eigenvalue weighted by Gasteiger charge is -2.07. The Kier molecular flexibility index (Phi) is 3.40. The van der Waals surface area contributed by atoms with Gasteiger partial charge in [-0.1, -0.05) is 16.1 Å². The summed E-state index contributed by atoms with van der Waals surface area (Å²) in [4.78, 5) is 12.4. The molecule has 6 heteroatoms. The Labute approximate surface area is 108 Å². The van der Waals surface area contributed by atoms with Gasteiger partial charge in [0.25, 0.3) is 5.91 Å². The van der Waals surface area contributed by atoms with Crippen LogP contribution in [0, 0.1) is 13.8 Å². The molecule has 1 aromatic heterocycles. The standard InChI is InChI=1S/C11H10ClN3OS/c1-6-5-8(12)3-4-9(6)13-11(16)10-7(2)14-15-17-10/h3-5H,1-2H3,(H,13,16). The highest BCUT2D eigenvalue weighted by Gasteiger charge is 2.13. The van der Waals surface area contributed by atoms with E-state index in [1.807, 2.05) is 6.92 Å². The fraction of sp³-hybridized carbons (Fsp3) is 0.182. The van der Waals surface area contributed by atoms with Crippen LogP contribution in [0.5, 0.6) is 0 Å². The zero-order valence-electron chi connectivity index (χ0n) is 9.32. The second-order valence-electron chi connectivity index (χ2n) is 3.60. The second-order valence-corrected chi connectivity index (χ2v) is 4.79. The van der Waals surface area contributed by atoms with Gasteiger partial charge in [0.2, 0.25) is 0 Å². The van der Waals surface area contributed by atoms with Crippen LogP contribution in [0.2, 0.25) is 5.02 Å². The normalized spacial score (nSPS) is 10.3. The molecular formula is C11H10ClN3OS. The van der Waals surface area contributed by atoms with Crippen LogP contribution in [-0.2, 0) is 0 Å². The van der Waals surface area contributed by atoms with Crippen molar-refractivity contribution in [3.05, 3.63) is 39.4 Å². The van der Waals surface area contributed by atoms with Gasteiger partial charge in [0, 0.05) is 10.7 Å². The first-order valence-electron chi connectivity index (χ1n) is 4.94. The third-order valence-electron chi connectivity index (χ3n) is 2.29. The minimum Gasteiger partial charge on any atom is -0.321 e. The van der Waals surface area contributed by atoms with E-state index in [9.17, 15) is 4.79 Å². The molecule has 88 valence electrons. The van der Waals surface area contributed by atoms with E-state index in [2.05, 4.69) is 14.9 Å². The summed E-state index contributed by atoms with van der Waals surface area (Å²) >= 11 is 6.93. The third kappa shape index (κ3) is 2.62. The average Bonchev–Trinajstić information content (AvgIpc) is 2.68. The summed E-state index contributed by atoms with van der Waals surface area (Å²) in [5.74, 6) is -0.192. The summed E-state index contributed by atoms with van der Waals surface area (Å²) in [7, 11) is 0. The fourth-order valence-electron chi connectivity index (χ4n) is 1.39. The quantitative estimate of drug-likeness (QED) is 0.910. The van der Waals surface area contributed by atoms with Crippen LogP contribution < -0.4 is 5.32 Å². The zero-order chi connectivity index (χ0) is 12.4. The summed E-state index contributed by atoms with van der Waals surface area (Å²) in [6.45, 7) is 3.65. The first kappa shape index (κ1) is 12.0. The number of carbonyl (C=O) groups excluding carboxylic acids is 1. The lowest BCUT2D eigenvalue weighted by atomic mass is 10.2. The third-order valence-corrected chi connectivity index (χ3v) is 3.36. The van der Waals surface area contributed by atoms with E-state index < -0.39 is 0 Å². The van der Waals surface area contributed by atoms with Crippen molar-refractivity contribution in [2.75, 3.05) is 5.32 Å². The van der Waals surface area contributed by atoms with E-state index in [4.69, 9.17) is 11.6 Å². The minimum atomic E-state index is -0.192. The molecule has 0 spiro atoms. The van der Waals surface area contributed by atoms with Gasteiger partial charge in [-0.15, -0.1) is 5.10 Å². The van der Waals surface area contributed by atoms with Crippen molar-refractivity contribution in [1.82, 2.24) is 9.59 Å². The van der Waals surface area contributed by atoms with E-state index in [0.29, 0.717) is 15.6 Å². The van der Waals surface area contributed by atoms with Gasteiger partial charge < -0.3 is 5.32 Å². The molecule has 1 N–H and O–H groups in total. The predicted octanol–water partition coefficient (Wildman–Crippen LogP) is 3.06. The molecule has 0 unspecified atom stereocenters. The molecule has 0 fully saturated rings. The molecule has 0 aliphatic heterocycles. The van der Waals surface area contributed by atoms with E-state index >= 15 is 0 Å². The molecule has 1 aromatic carbocycles. The van der Waals surface area contributed by atoms with Crippen molar-refractivity contribution in [2.45, 2.75) is 13.8 Å². The highest BCUT2D eigenvalue weighted by atomic mass is 35.5. The summed E-state index contributed by atoms with van der Waals surface area (Å²) in [5, 5.41) is 7.27. The molecule has 0 aliphatic rings. The van der Waals surface area contributed by atoms with Gasteiger partial charge in [0.1, 0.15) is 4.88 Å². The van der Waals surface area contributed by atoms with E-state index in [1.165, 1.54) is 0 Å². The van der Waals surface area contributed by atoms with Crippen LogP contribution in [0.3, 0.4) is 0 Å². The molecule has 0 saturated heterocycles. The maximum Gasteiger partial charge on any atom is 0.269 e. The van der Waals surface area contributed by atoms with Crippen molar-refractivity contribution < 1.29 is 4.79 Å². The number of aryl methyl sites for hydroxylation is 2. The number of anilines is 1. The van der Waals surface area contributed by atoms with Crippen molar-refractivity contribution in [3.63, 3.8) is 0 Å². The highest BCUT2D eigenvalue weighted by molar-refractivity contribution is 7.08. The number of nitrogens with zero attached hydrogens (tertiary/aromatic N) is 2. The average molecular weight is 268 g/mol. The molecule has 2 aromatic rings. The summed E-state index contributed by atoms with van der Waals surface area (Å²) < 4.78 is 3.73. The minimum absolute atomic E-state index is 0.192. The van der Waals surface area contributed by atoms with Crippen LogP contribution >= 0.6 is 23.1 Å². The number of hydrogen-bond donors (Lipinski definition) is 1. The smallest absolute Gasteiger partial charge is 0.269 e. The summed E-state index contributed by atoms with van der Waals surface area (Å²) in [6.07, 6.45) is 0. The topological polar surface area (TPSA) is 54.9 Å². The molecule has 0 bridgehead atoms. The highest BCUT2D eigenvalue weighted by Crippen LogP contribution is 2.21. The van der Waals surface area contributed by atoms with E-state index in [-0.39, 0.29) is 5.91 Å². The van der Waals surface area contributed by atoms with Gasteiger partial charge in [-0.2, -0.15) is 0 Å². The van der Waals surface area contributed by atoms with E-state index in [1.54, 1.807) is 25.1 Å². The zero-order valence-corrected chi connectivity index (χ0v) is 10.9. The lowest BCUT2D eigenvalue weighted by molar-refractivity contribution is 0.102. The van der Waals surface area contributed by atoms with Crippen LogP contribution in [0.25, 0.3) is 0 Å². The number of hydrogen-bond acceptors (Lipinski definition) is 4. The van der Waals surface area contributed by atoms with E-state index in [0.717, 1.165) is 22.8 Å². The second kappa shape index (κ2) is 4.81. The Morgan fingerprint density at radius 2 is 2.18 bits per heavy atom. The Hall–Kier alpha value is -1.46. The number of carbonyl (C=O) groups is 1. The Balaban J connectivity index is 2.22. The number of amides is 1. The summed E-state index contributed by atoms with van der Waals surface area (Å²) in [5.41, 5.74) is 2.30. The number of rotatable bonds is 2.